The number of aryl methyl sites for hydroxylation is 1. The van der Waals surface area contributed by atoms with E-state index < -0.39 is 0 Å². The Bertz CT molecular complexity index is 404. The molecular formula is C16H26FNO. The first-order valence-electron chi connectivity index (χ1n) is 7.05. The van der Waals surface area contributed by atoms with Crippen LogP contribution in [0.5, 0.6) is 5.75 Å². The molecule has 0 saturated carbocycles. The van der Waals surface area contributed by atoms with Crippen LogP contribution in [0, 0.1) is 18.7 Å². The highest BCUT2D eigenvalue weighted by Gasteiger charge is 2.13. The van der Waals surface area contributed by atoms with Gasteiger partial charge in [-0.15, -0.1) is 0 Å². The molecule has 0 fully saturated rings. The molecule has 0 saturated heterocycles. The molecule has 0 aliphatic rings. The molecule has 3 heteroatoms. The lowest BCUT2D eigenvalue weighted by Gasteiger charge is -2.18. The second kappa shape index (κ2) is 7.49. The fourth-order valence-corrected chi connectivity index (χ4v) is 1.96. The lowest BCUT2D eigenvalue weighted by atomic mass is 10.0. The van der Waals surface area contributed by atoms with Crippen molar-refractivity contribution < 1.29 is 9.13 Å². The Morgan fingerprint density at radius 3 is 2.53 bits per heavy atom. The van der Waals surface area contributed by atoms with Crippen LogP contribution in [-0.4, -0.2) is 13.7 Å². The fourth-order valence-electron chi connectivity index (χ4n) is 1.96. The molecule has 0 amide bonds. The zero-order valence-electron chi connectivity index (χ0n) is 12.7. The third kappa shape index (κ3) is 4.83. The van der Waals surface area contributed by atoms with Crippen molar-refractivity contribution in [2.45, 2.75) is 46.6 Å². The van der Waals surface area contributed by atoms with Gasteiger partial charge >= 0.3 is 0 Å². The van der Waals surface area contributed by atoms with Crippen molar-refractivity contribution in [1.82, 2.24) is 5.32 Å². The molecule has 0 aromatic heterocycles. The first kappa shape index (κ1) is 16.0. The summed E-state index contributed by atoms with van der Waals surface area (Å²) in [4.78, 5) is 0. The predicted octanol–water partition coefficient (Wildman–Crippen LogP) is 4.23. The van der Waals surface area contributed by atoms with Crippen molar-refractivity contribution in [3.05, 3.63) is 29.1 Å². The van der Waals surface area contributed by atoms with Gasteiger partial charge in [0.15, 0.2) is 0 Å². The molecule has 108 valence electrons. The zero-order chi connectivity index (χ0) is 14.4. The molecule has 0 aliphatic heterocycles. The quantitative estimate of drug-likeness (QED) is 0.746. The second-order valence-corrected chi connectivity index (χ2v) is 5.53. The topological polar surface area (TPSA) is 21.3 Å². The minimum absolute atomic E-state index is 0.0789. The summed E-state index contributed by atoms with van der Waals surface area (Å²) in [5.41, 5.74) is 1.51. The van der Waals surface area contributed by atoms with Crippen LogP contribution in [0.15, 0.2) is 12.1 Å². The summed E-state index contributed by atoms with van der Waals surface area (Å²) in [7, 11) is 1.87. The molecule has 0 radical (unpaired) electrons. The molecular weight excluding hydrogens is 241 g/mol. The van der Waals surface area contributed by atoms with E-state index in [9.17, 15) is 4.39 Å². The van der Waals surface area contributed by atoms with E-state index in [2.05, 4.69) is 19.2 Å². The number of benzene rings is 1. The van der Waals surface area contributed by atoms with Gasteiger partial charge in [0.25, 0.3) is 0 Å². The summed E-state index contributed by atoms with van der Waals surface area (Å²) < 4.78 is 19.5. The molecule has 0 spiro atoms. The molecule has 1 rings (SSSR count). The van der Waals surface area contributed by atoms with E-state index in [0.29, 0.717) is 18.1 Å². The van der Waals surface area contributed by atoms with Crippen molar-refractivity contribution >= 4 is 0 Å². The minimum Gasteiger partial charge on any atom is -0.493 e. The maximum Gasteiger partial charge on any atom is 0.126 e. The Morgan fingerprint density at radius 1 is 1.26 bits per heavy atom. The van der Waals surface area contributed by atoms with E-state index >= 15 is 0 Å². The van der Waals surface area contributed by atoms with E-state index in [1.165, 1.54) is 0 Å². The van der Waals surface area contributed by atoms with Crippen LogP contribution in [0.2, 0.25) is 0 Å². The van der Waals surface area contributed by atoms with Crippen molar-refractivity contribution in [1.29, 1.82) is 0 Å². The standard InChI is InChI=1S/C16H26FNO/c1-11(2)7-6-8-19-16-9-12(3)15(17)10-14(16)13(4)18-5/h9-11,13,18H,6-8H2,1-5H3. The van der Waals surface area contributed by atoms with Crippen molar-refractivity contribution in [3.63, 3.8) is 0 Å². The van der Waals surface area contributed by atoms with E-state index in [1.807, 2.05) is 14.0 Å². The monoisotopic (exact) mass is 267 g/mol. The minimum atomic E-state index is -0.174. The summed E-state index contributed by atoms with van der Waals surface area (Å²) in [6.07, 6.45) is 2.18. The van der Waals surface area contributed by atoms with E-state index in [1.54, 1.807) is 19.1 Å². The number of rotatable bonds is 7. The summed E-state index contributed by atoms with van der Waals surface area (Å²) in [5, 5.41) is 3.13. The van der Waals surface area contributed by atoms with Gasteiger partial charge in [-0.25, -0.2) is 4.39 Å². The van der Waals surface area contributed by atoms with Crippen LogP contribution in [0.25, 0.3) is 0 Å². The Kier molecular flexibility index (Phi) is 6.29. The molecule has 0 aliphatic carbocycles. The maximum atomic E-state index is 13.7. The number of nitrogens with one attached hydrogen (secondary N) is 1. The van der Waals surface area contributed by atoms with Gasteiger partial charge in [0, 0.05) is 11.6 Å². The van der Waals surface area contributed by atoms with E-state index in [0.717, 1.165) is 24.2 Å². The highest BCUT2D eigenvalue weighted by atomic mass is 19.1. The number of hydrogen-bond acceptors (Lipinski definition) is 2. The zero-order valence-corrected chi connectivity index (χ0v) is 12.7. The Hall–Kier alpha value is -1.09. The van der Waals surface area contributed by atoms with Gasteiger partial charge in [-0.3, -0.25) is 0 Å². The highest BCUT2D eigenvalue weighted by molar-refractivity contribution is 5.40. The van der Waals surface area contributed by atoms with Crippen molar-refractivity contribution in [3.8, 4) is 5.75 Å². The number of halogens is 1. The summed E-state index contributed by atoms with van der Waals surface area (Å²) in [6.45, 7) is 8.87. The summed E-state index contributed by atoms with van der Waals surface area (Å²) in [6, 6.07) is 3.46. The Labute approximate surface area is 116 Å². The first-order chi connectivity index (χ1) is 8.95. The average Bonchev–Trinajstić information content (AvgIpc) is 2.37. The van der Waals surface area contributed by atoms with Crippen molar-refractivity contribution in [2.24, 2.45) is 5.92 Å². The molecule has 1 N–H and O–H groups in total. The SMILES string of the molecule is CNC(C)c1cc(F)c(C)cc1OCCCC(C)C. The molecule has 1 unspecified atom stereocenters. The van der Waals surface area contributed by atoms with Gasteiger partial charge in [0.05, 0.1) is 6.61 Å². The third-order valence-corrected chi connectivity index (χ3v) is 3.37. The lowest BCUT2D eigenvalue weighted by molar-refractivity contribution is 0.292. The van der Waals surface area contributed by atoms with Gasteiger partial charge in [0.1, 0.15) is 11.6 Å². The van der Waals surface area contributed by atoms with Crippen LogP contribution in [0.4, 0.5) is 4.39 Å². The van der Waals surface area contributed by atoms with Gasteiger partial charge < -0.3 is 10.1 Å². The van der Waals surface area contributed by atoms with Crippen LogP contribution < -0.4 is 10.1 Å². The molecule has 1 aromatic carbocycles. The van der Waals surface area contributed by atoms with Gasteiger partial charge in [0.2, 0.25) is 0 Å². The number of ether oxygens (including phenoxy) is 1. The Morgan fingerprint density at radius 2 is 1.95 bits per heavy atom. The molecule has 19 heavy (non-hydrogen) atoms. The lowest BCUT2D eigenvalue weighted by Crippen LogP contribution is -2.15. The highest BCUT2D eigenvalue weighted by Crippen LogP contribution is 2.28. The second-order valence-electron chi connectivity index (χ2n) is 5.53. The van der Waals surface area contributed by atoms with E-state index in [-0.39, 0.29) is 11.9 Å². The van der Waals surface area contributed by atoms with Gasteiger partial charge in [-0.1, -0.05) is 13.8 Å². The van der Waals surface area contributed by atoms with Gasteiger partial charge in [-0.05, 0) is 57.4 Å². The first-order valence-corrected chi connectivity index (χ1v) is 7.05. The smallest absolute Gasteiger partial charge is 0.126 e. The average molecular weight is 267 g/mol. The Balaban J connectivity index is 2.77. The summed E-state index contributed by atoms with van der Waals surface area (Å²) in [5.74, 6) is 1.31. The van der Waals surface area contributed by atoms with Crippen LogP contribution in [-0.2, 0) is 0 Å². The van der Waals surface area contributed by atoms with Crippen LogP contribution in [0.3, 0.4) is 0 Å². The molecule has 0 bridgehead atoms. The fraction of sp³-hybridized carbons (Fsp3) is 0.625. The molecule has 1 aromatic rings. The third-order valence-electron chi connectivity index (χ3n) is 3.37. The normalized spacial score (nSPS) is 12.8. The molecule has 0 heterocycles. The van der Waals surface area contributed by atoms with Crippen LogP contribution in [0.1, 0.15) is 50.8 Å². The summed E-state index contributed by atoms with van der Waals surface area (Å²) >= 11 is 0. The van der Waals surface area contributed by atoms with Crippen molar-refractivity contribution in [2.75, 3.05) is 13.7 Å². The van der Waals surface area contributed by atoms with Crippen LogP contribution >= 0.6 is 0 Å². The largest absolute Gasteiger partial charge is 0.493 e. The molecule has 2 nitrogen and oxygen atoms in total. The van der Waals surface area contributed by atoms with E-state index in [4.69, 9.17) is 4.74 Å². The maximum absolute atomic E-state index is 13.7. The number of hydrogen-bond donors (Lipinski definition) is 1. The predicted molar refractivity (Wildman–Crippen MR) is 78.2 cm³/mol. The molecule has 1 atom stereocenters. The van der Waals surface area contributed by atoms with Gasteiger partial charge in [-0.2, -0.15) is 0 Å².